The van der Waals surface area contributed by atoms with Crippen LogP contribution in [-0.2, 0) is 21.2 Å². The van der Waals surface area contributed by atoms with Crippen LogP contribution in [0.1, 0.15) is 37.8 Å². The Labute approximate surface area is 164 Å². The van der Waals surface area contributed by atoms with Gasteiger partial charge in [-0.1, -0.05) is 19.9 Å². The summed E-state index contributed by atoms with van der Waals surface area (Å²) in [6.07, 6.45) is 3.47. The third-order valence-electron chi connectivity index (χ3n) is 6.44. The van der Waals surface area contributed by atoms with E-state index in [9.17, 15) is 17.2 Å². The van der Waals surface area contributed by atoms with E-state index >= 15 is 0 Å². The predicted octanol–water partition coefficient (Wildman–Crippen LogP) is 3.65. The van der Waals surface area contributed by atoms with E-state index in [1.165, 1.54) is 10.4 Å². The fraction of sp³-hybridized carbons (Fsp3) is 0.600. The van der Waals surface area contributed by atoms with Gasteiger partial charge in [0.1, 0.15) is 5.75 Å². The Morgan fingerprint density at radius 2 is 2.04 bits per heavy atom. The Kier molecular flexibility index (Phi) is 4.79. The molecule has 0 aromatic heterocycles. The average Bonchev–Trinajstić information content (AvgIpc) is 3.07. The van der Waals surface area contributed by atoms with Crippen LogP contribution in [0.4, 0.5) is 8.78 Å². The smallest absolute Gasteiger partial charge is 0.387 e. The summed E-state index contributed by atoms with van der Waals surface area (Å²) in [4.78, 5) is 0.364. The molecule has 0 spiro atoms. The Morgan fingerprint density at radius 3 is 2.75 bits per heavy atom. The number of rotatable bonds is 5. The van der Waals surface area contributed by atoms with Gasteiger partial charge in [-0.05, 0) is 48.6 Å². The summed E-state index contributed by atoms with van der Waals surface area (Å²) in [5.74, 6) is 0.328. The van der Waals surface area contributed by atoms with Gasteiger partial charge in [0.05, 0.1) is 11.0 Å². The van der Waals surface area contributed by atoms with Crippen molar-refractivity contribution in [2.45, 2.75) is 51.9 Å². The molecule has 0 radical (unpaired) electrons. The highest BCUT2D eigenvalue weighted by Gasteiger charge is 2.62. The largest absolute Gasteiger partial charge is 0.435 e. The molecule has 3 aliphatic rings. The molecule has 0 amide bonds. The van der Waals surface area contributed by atoms with Gasteiger partial charge in [-0.25, -0.2) is 8.42 Å². The van der Waals surface area contributed by atoms with Crippen molar-refractivity contribution in [3.63, 3.8) is 0 Å². The molecule has 1 saturated carbocycles. The third-order valence-corrected chi connectivity index (χ3v) is 8.41. The molecule has 4 rings (SSSR count). The summed E-state index contributed by atoms with van der Waals surface area (Å²) >= 11 is 0. The molecule has 1 aliphatic heterocycles. The summed E-state index contributed by atoms with van der Waals surface area (Å²) in [6, 6.07) is 4.54. The Balaban J connectivity index is 1.59. The first kappa shape index (κ1) is 19.8. The maximum Gasteiger partial charge on any atom is 0.387 e. The van der Waals surface area contributed by atoms with E-state index < -0.39 is 16.6 Å². The number of halogens is 2. The molecule has 1 heterocycles. The number of allylic oxidation sites excluding steroid dienone is 1. The van der Waals surface area contributed by atoms with Crippen LogP contribution in [0.5, 0.6) is 5.75 Å². The molecular weight excluding hydrogens is 388 g/mol. The van der Waals surface area contributed by atoms with Crippen LogP contribution in [0.15, 0.2) is 23.1 Å². The van der Waals surface area contributed by atoms with Gasteiger partial charge in [0.2, 0.25) is 10.0 Å². The van der Waals surface area contributed by atoms with Gasteiger partial charge in [0, 0.05) is 31.0 Å². The van der Waals surface area contributed by atoms with Crippen LogP contribution in [0.25, 0.3) is 6.08 Å². The van der Waals surface area contributed by atoms with Gasteiger partial charge < -0.3 is 9.47 Å². The minimum Gasteiger partial charge on any atom is -0.435 e. The van der Waals surface area contributed by atoms with Crippen LogP contribution < -0.4 is 4.74 Å². The van der Waals surface area contributed by atoms with E-state index in [1.807, 2.05) is 0 Å². The van der Waals surface area contributed by atoms with E-state index in [-0.39, 0.29) is 29.2 Å². The van der Waals surface area contributed by atoms with Crippen molar-refractivity contribution in [2.24, 2.45) is 11.3 Å². The third kappa shape index (κ3) is 3.06. The first-order valence-corrected chi connectivity index (χ1v) is 10.9. The van der Waals surface area contributed by atoms with Gasteiger partial charge in [0.25, 0.3) is 0 Å². The normalized spacial score (nSPS) is 28.5. The maximum absolute atomic E-state index is 13.3. The number of hydrogen-bond donors (Lipinski definition) is 0. The minimum atomic E-state index is -3.62. The SMILES string of the molecule is CN([C@@H]1[C@@H]2CCO[C@H]2C1(C)C)S(=O)(=O)C1=Cc2ccc(OC(F)F)cc2CC1. The molecular formula is C20H25F2NO4S. The van der Waals surface area contributed by atoms with Crippen LogP contribution >= 0.6 is 0 Å². The Hall–Kier alpha value is -1.51. The van der Waals surface area contributed by atoms with Gasteiger partial charge in [-0.3, -0.25) is 0 Å². The topological polar surface area (TPSA) is 55.8 Å². The lowest BCUT2D eigenvalue weighted by molar-refractivity contribution is -0.131. The maximum atomic E-state index is 13.3. The number of ether oxygens (including phenoxy) is 2. The summed E-state index contributed by atoms with van der Waals surface area (Å²) in [5, 5.41) is 0. The number of aryl methyl sites for hydroxylation is 1. The van der Waals surface area contributed by atoms with Gasteiger partial charge in [-0.2, -0.15) is 13.1 Å². The fourth-order valence-electron chi connectivity index (χ4n) is 5.19. The highest BCUT2D eigenvalue weighted by atomic mass is 32.2. The highest BCUT2D eigenvalue weighted by molar-refractivity contribution is 7.93. The van der Waals surface area contributed by atoms with Crippen LogP contribution in [-0.4, -0.2) is 45.1 Å². The second kappa shape index (κ2) is 6.78. The van der Waals surface area contributed by atoms with Crippen molar-refractivity contribution in [1.29, 1.82) is 0 Å². The van der Waals surface area contributed by atoms with Crippen molar-refractivity contribution in [3.05, 3.63) is 34.2 Å². The molecule has 3 atom stereocenters. The molecule has 2 fully saturated rings. The van der Waals surface area contributed by atoms with Crippen molar-refractivity contribution >= 4 is 16.1 Å². The summed E-state index contributed by atoms with van der Waals surface area (Å²) in [6.45, 7) is 1.93. The second-order valence-electron chi connectivity index (χ2n) is 8.38. The molecule has 1 aromatic carbocycles. The van der Waals surface area contributed by atoms with E-state index in [4.69, 9.17) is 4.74 Å². The highest BCUT2D eigenvalue weighted by Crippen LogP contribution is 2.55. The number of benzene rings is 1. The van der Waals surface area contributed by atoms with Gasteiger partial charge in [0.15, 0.2) is 0 Å². The van der Waals surface area contributed by atoms with Gasteiger partial charge >= 0.3 is 6.61 Å². The second-order valence-corrected chi connectivity index (χ2v) is 10.4. The number of hydrogen-bond acceptors (Lipinski definition) is 4. The van der Waals surface area contributed by atoms with E-state index in [0.29, 0.717) is 24.4 Å². The lowest BCUT2D eigenvalue weighted by Crippen LogP contribution is -2.66. The molecule has 0 unspecified atom stereocenters. The lowest BCUT2D eigenvalue weighted by Gasteiger charge is -2.57. The molecule has 0 N–H and O–H groups in total. The molecule has 1 aromatic rings. The van der Waals surface area contributed by atoms with Crippen LogP contribution in [0, 0.1) is 11.3 Å². The molecule has 5 nitrogen and oxygen atoms in total. The van der Waals surface area contributed by atoms with Crippen molar-refractivity contribution in [2.75, 3.05) is 13.7 Å². The summed E-state index contributed by atoms with van der Waals surface area (Å²) < 4.78 is 63.2. The molecule has 154 valence electrons. The first-order chi connectivity index (χ1) is 13.1. The molecule has 28 heavy (non-hydrogen) atoms. The minimum absolute atomic E-state index is 0.0888. The molecule has 0 bridgehead atoms. The number of alkyl halides is 2. The average molecular weight is 413 g/mol. The fourth-order valence-corrected chi connectivity index (χ4v) is 6.93. The lowest BCUT2D eigenvalue weighted by atomic mass is 9.57. The number of sulfonamides is 1. The van der Waals surface area contributed by atoms with Crippen LogP contribution in [0.3, 0.4) is 0 Å². The number of nitrogens with zero attached hydrogens (tertiary/aromatic N) is 1. The predicted molar refractivity (Wildman–Crippen MR) is 101 cm³/mol. The van der Waals surface area contributed by atoms with Crippen LogP contribution in [0.2, 0.25) is 0 Å². The zero-order chi connectivity index (χ0) is 20.3. The zero-order valence-corrected chi connectivity index (χ0v) is 17.0. The van der Waals surface area contributed by atoms with E-state index in [1.54, 1.807) is 25.3 Å². The van der Waals surface area contributed by atoms with E-state index in [2.05, 4.69) is 18.6 Å². The molecule has 8 heteroatoms. The Morgan fingerprint density at radius 1 is 1.29 bits per heavy atom. The van der Waals surface area contributed by atoms with Gasteiger partial charge in [-0.15, -0.1) is 0 Å². The standard InChI is InChI=1S/C20H25F2NO4S/c1-20(2)17(16-8-9-26-18(16)20)23(3)28(24,25)15-7-5-12-10-14(27-19(21)22)6-4-13(12)11-15/h4,6,10-11,16-19H,5,7-9H2,1-3H3/t16-,17+,18+/m0/s1. The van der Waals surface area contributed by atoms with E-state index in [0.717, 1.165) is 17.5 Å². The van der Waals surface area contributed by atoms with Crippen molar-refractivity contribution in [1.82, 2.24) is 4.31 Å². The van der Waals surface area contributed by atoms with Crippen molar-refractivity contribution < 1.29 is 26.7 Å². The Bertz CT molecular complexity index is 913. The van der Waals surface area contributed by atoms with Crippen molar-refractivity contribution in [3.8, 4) is 5.75 Å². The monoisotopic (exact) mass is 413 g/mol. The zero-order valence-electron chi connectivity index (χ0n) is 16.2. The summed E-state index contributed by atoms with van der Waals surface area (Å²) in [7, 11) is -1.96. The molecule has 2 aliphatic carbocycles. The first-order valence-electron chi connectivity index (χ1n) is 9.50. The molecule has 1 saturated heterocycles. The quantitative estimate of drug-likeness (QED) is 0.740. The number of fused-ring (bicyclic) bond motifs is 2. The summed E-state index contributed by atoms with van der Waals surface area (Å²) in [5.41, 5.74) is 1.32.